The van der Waals surface area contributed by atoms with Crippen LogP contribution in [-0.2, 0) is 6.42 Å². The molecule has 3 heteroatoms. The molecule has 0 radical (unpaired) electrons. The molecule has 0 aliphatic carbocycles. The molecule has 92 valence electrons. The van der Waals surface area contributed by atoms with E-state index in [1.165, 1.54) is 21.7 Å². The lowest BCUT2D eigenvalue weighted by atomic mass is 9.99. The normalized spacial score (nSPS) is 12.3. The van der Waals surface area contributed by atoms with E-state index in [0.717, 1.165) is 12.3 Å². The molecule has 0 amide bonds. The molecule has 0 aliphatic heterocycles. The van der Waals surface area contributed by atoms with Gasteiger partial charge in [-0.05, 0) is 30.9 Å². The van der Waals surface area contributed by atoms with Crippen LogP contribution in [0.15, 0.2) is 11.2 Å². The van der Waals surface area contributed by atoms with Gasteiger partial charge in [0, 0.05) is 4.88 Å². The molecule has 16 heavy (non-hydrogen) atoms. The summed E-state index contributed by atoms with van der Waals surface area (Å²) in [4.78, 5) is 2.54. The van der Waals surface area contributed by atoms with Crippen LogP contribution in [0.4, 0.5) is 0 Å². The highest BCUT2D eigenvalue weighted by Crippen LogP contribution is 2.23. The van der Waals surface area contributed by atoms with Crippen molar-refractivity contribution in [1.29, 1.82) is 0 Å². The first-order valence-electron chi connectivity index (χ1n) is 6.00. The number of hydrogen-bond donors (Lipinski definition) is 1. The van der Waals surface area contributed by atoms with Crippen LogP contribution in [0.1, 0.15) is 49.4 Å². The fourth-order valence-corrected chi connectivity index (χ4v) is 2.38. The summed E-state index contributed by atoms with van der Waals surface area (Å²) in [7, 11) is 0. The molecule has 0 saturated carbocycles. The van der Waals surface area contributed by atoms with Crippen molar-refractivity contribution in [2.45, 2.75) is 47.5 Å². The smallest absolute Gasteiger partial charge is 0.0640 e. The molecule has 0 saturated heterocycles. The standard InChI is InChI=1S/C11H18N2S.C2H6/c1-4-8(2)5-10-6-9(3)14-11(10)7-13-12;1-2/h6-8H,4-5,12H2,1-3H3;1-2H3/b13-7-;. The molecular formula is C13H24N2S. The first-order valence-corrected chi connectivity index (χ1v) is 6.81. The van der Waals surface area contributed by atoms with Crippen LogP contribution in [0, 0.1) is 12.8 Å². The van der Waals surface area contributed by atoms with Gasteiger partial charge in [-0.15, -0.1) is 11.3 Å². The van der Waals surface area contributed by atoms with Gasteiger partial charge >= 0.3 is 0 Å². The minimum Gasteiger partial charge on any atom is -0.323 e. The van der Waals surface area contributed by atoms with Crippen molar-refractivity contribution in [3.63, 3.8) is 0 Å². The average molecular weight is 240 g/mol. The minimum absolute atomic E-state index is 0.730. The number of nitrogens with zero attached hydrogens (tertiary/aromatic N) is 1. The second kappa shape index (κ2) is 8.34. The highest BCUT2D eigenvalue weighted by molar-refractivity contribution is 7.13. The zero-order valence-corrected chi connectivity index (χ0v) is 11.9. The van der Waals surface area contributed by atoms with Crippen molar-refractivity contribution >= 4 is 17.6 Å². The van der Waals surface area contributed by atoms with Gasteiger partial charge in [0.1, 0.15) is 0 Å². The minimum atomic E-state index is 0.730. The molecule has 0 aromatic carbocycles. The second-order valence-corrected chi connectivity index (χ2v) is 5.03. The molecular weight excluding hydrogens is 216 g/mol. The number of nitrogens with two attached hydrogens (primary N) is 1. The molecule has 1 atom stereocenters. The van der Waals surface area contributed by atoms with Crippen LogP contribution in [0.3, 0.4) is 0 Å². The Bertz CT molecular complexity index is 316. The Morgan fingerprint density at radius 2 is 2.12 bits per heavy atom. The van der Waals surface area contributed by atoms with Crippen LogP contribution in [-0.4, -0.2) is 6.21 Å². The van der Waals surface area contributed by atoms with E-state index < -0.39 is 0 Å². The number of hydrazone groups is 1. The van der Waals surface area contributed by atoms with Crippen LogP contribution in [0.2, 0.25) is 0 Å². The predicted molar refractivity (Wildman–Crippen MR) is 75.3 cm³/mol. The van der Waals surface area contributed by atoms with Gasteiger partial charge in [0.25, 0.3) is 0 Å². The van der Waals surface area contributed by atoms with Gasteiger partial charge in [0.15, 0.2) is 0 Å². The van der Waals surface area contributed by atoms with E-state index in [-0.39, 0.29) is 0 Å². The topological polar surface area (TPSA) is 38.4 Å². The Hall–Kier alpha value is -0.830. The van der Waals surface area contributed by atoms with Crippen LogP contribution in [0.25, 0.3) is 0 Å². The van der Waals surface area contributed by atoms with Crippen LogP contribution < -0.4 is 5.84 Å². The molecule has 0 aliphatic rings. The predicted octanol–water partition coefficient (Wildman–Crippen LogP) is 3.96. The zero-order valence-electron chi connectivity index (χ0n) is 11.1. The van der Waals surface area contributed by atoms with Crippen molar-refractivity contribution in [1.82, 2.24) is 0 Å². The summed E-state index contributed by atoms with van der Waals surface area (Å²) < 4.78 is 0. The monoisotopic (exact) mass is 240 g/mol. The molecule has 1 rings (SSSR count). The summed E-state index contributed by atoms with van der Waals surface area (Å²) in [6.07, 6.45) is 4.10. The second-order valence-electron chi connectivity index (χ2n) is 3.74. The lowest BCUT2D eigenvalue weighted by Crippen LogP contribution is -1.99. The summed E-state index contributed by atoms with van der Waals surface area (Å²) in [6, 6.07) is 2.24. The summed E-state index contributed by atoms with van der Waals surface area (Å²) in [5.41, 5.74) is 1.39. The highest BCUT2D eigenvalue weighted by Gasteiger charge is 2.08. The number of thiophene rings is 1. The van der Waals surface area contributed by atoms with E-state index in [0.29, 0.717) is 0 Å². The van der Waals surface area contributed by atoms with E-state index in [1.807, 2.05) is 13.8 Å². The first kappa shape index (κ1) is 15.2. The van der Waals surface area contributed by atoms with E-state index in [4.69, 9.17) is 5.84 Å². The van der Waals surface area contributed by atoms with Gasteiger partial charge < -0.3 is 5.84 Å². The Kier molecular flexibility index (Phi) is 7.90. The molecule has 2 N–H and O–H groups in total. The van der Waals surface area contributed by atoms with Crippen LogP contribution >= 0.6 is 11.3 Å². The largest absolute Gasteiger partial charge is 0.323 e. The van der Waals surface area contributed by atoms with E-state index >= 15 is 0 Å². The van der Waals surface area contributed by atoms with Crippen molar-refractivity contribution in [3.05, 3.63) is 21.4 Å². The Morgan fingerprint density at radius 3 is 2.62 bits per heavy atom. The highest BCUT2D eigenvalue weighted by atomic mass is 32.1. The SMILES string of the molecule is CC.CCC(C)Cc1cc(C)sc1/C=N\N. The third-order valence-corrected chi connectivity index (χ3v) is 3.45. The van der Waals surface area contributed by atoms with E-state index in [2.05, 4.69) is 31.9 Å². The maximum absolute atomic E-state index is 5.18. The maximum atomic E-state index is 5.18. The van der Waals surface area contributed by atoms with Gasteiger partial charge in [-0.3, -0.25) is 0 Å². The van der Waals surface area contributed by atoms with Gasteiger partial charge in [0.05, 0.1) is 11.1 Å². The number of aryl methyl sites for hydroxylation is 1. The molecule has 1 unspecified atom stereocenters. The summed E-state index contributed by atoms with van der Waals surface area (Å²) in [5, 5.41) is 3.60. The molecule has 2 nitrogen and oxygen atoms in total. The van der Waals surface area contributed by atoms with Crippen molar-refractivity contribution in [2.24, 2.45) is 16.9 Å². The Labute approximate surface area is 104 Å². The molecule has 1 aromatic rings. The molecule has 1 heterocycles. The average Bonchev–Trinajstić information content (AvgIpc) is 2.62. The zero-order chi connectivity index (χ0) is 12.6. The summed E-state index contributed by atoms with van der Waals surface area (Å²) in [5.74, 6) is 5.91. The van der Waals surface area contributed by atoms with E-state index in [1.54, 1.807) is 17.6 Å². The Morgan fingerprint density at radius 1 is 1.50 bits per heavy atom. The summed E-state index contributed by atoms with van der Waals surface area (Å²) in [6.45, 7) is 10.6. The van der Waals surface area contributed by atoms with Gasteiger partial charge in [0.2, 0.25) is 0 Å². The lowest BCUT2D eigenvalue weighted by Gasteiger charge is -2.06. The van der Waals surface area contributed by atoms with Gasteiger partial charge in [-0.1, -0.05) is 34.1 Å². The Balaban J connectivity index is 0.00000106. The fourth-order valence-electron chi connectivity index (χ4n) is 1.44. The van der Waals surface area contributed by atoms with Crippen molar-refractivity contribution < 1.29 is 0 Å². The third kappa shape index (κ3) is 4.79. The molecule has 0 fully saturated rings. The molecule has 0 bridgehead atoms. The molecule has 0 spiro atoms. The van der Waals surface area contributed by atoms with Gasteiger partial charge in [-0.2, -0.15) is 5.10 Å². The quantitative estimate of drug-likeness (QED) is 0.483. The lowest BCUT2D eigenvalue weighted by molar-refractivity contribution is 0.561. The van der Waals surface area contributed by atoms with Crippen molar-refractivity contribution in [2.75, 3.05) is 0 Å². The molecule has 1 aromatic heterocycles. The number of hydrogen-bond acceptors (Lipinski definition) is 3. The van der Waals surface area contributed by atoms with Crippen LogP contribution in [0.5, 0.6) is 0 Å². The maximum Gasteiger partial charge on any atom is 0.0640 e. The van der Waals surface area contributed by atoms with Gasteiger partial charge in [-0.25, -0.2) is 0 Å². The third-order valence-electron chi connectivity index (χ3n) is 2.42. The summed E-state index contributed by atoms with van der Waals surface area (Å²) >= 11 is 1.76. The first-order chi connectivity index (χ1) is 7.67. The van der Waals surface area contributed by atoms with E-state index in [9.17, 15) is 0 Å². The van der Waals surface area contributed by atoms with Crippen molar-refractivity contribution in [3.8, 4) is 0 Å². The number of rotatable bonds is 4. The fraction of sp³-hybridized carbons (Fsp3) is 0.615.